The van der Waals surface area contributed by atoms with Crippen LogP contribution in [0.1, 0.15) is 12.8 Å². The van der Waals surface area contributed by atoms with Gasteiger partial charge in [-0.2, -0.15) is 0 Å². The van der Waals surface area contributed by atoms with Gasteiger partial charge in [0.05, 0.1) is 6.61 Å². The number of nitrogens with zero attached hydrogens (tertiary/aromatic N) is 1. The van der Waals surface area contributed by atoms with Crippen LogP contribution in [0.3, 0.4) is 0 Å². The van der Waals surface area contributed by atoms with Crippen LogP contribution in [0.15, 0.2) is 0 Å². The molecule has 0 aromatic carbocycles. The van der Waals surface area contributed by atoms with Gasteiger partial charge in [0, 0.05) is 20.2 Å². The lowest BCUT2D eigenvalue weighted by Gasteiger charge is -2.33. The summed E-state index contributed by atoms with van der Waals surface area (Å²) < 4.78 is 18.4. The zero-order chi connectivity index (χ0) is 8.32. The van der Waals surface area contributed by atoms with Gasteiger partial charge < -0.3 is 9.64 Å². The van der Waals surface area contributed by atoms with Crippen LogP contribution in [0.5, 0.6) is 0 Å². The zero-order valence-electron chi connectivity index (χ0n) is 7.27. The minimum atomic E-state index is -1.05. The number of alkyl halides is 1. The minimum absolute atomic E-state index is 0.251. The van der Waals surface area contributed by atoms with Gasteiger partial charge in [0.1, 0.15) is 5.67 Å². The molecule has 0 atom stereocenters. The number of hydrogen-bond donors (Lipinski definition) is 0. The van der Waals surface area contributed by atoms with Crippen molar-refractivity contribution in [3.63, 3.8) is 0 Å². The summed E-state index contributed by atoms with van der Waals surface area (Å²) in [6.07, 6.45) is 1.22. The van der Waals surface area contributed by atoms with Crippen molar-refractivity contribution in [1.29, 1.82) is 0 Å². The first-order valence-corrected chi connectivity index (χ1v) is 4.03. The lowest BCUT2D eigenvalue weighted by Crippen LogP contribution is -2.42. The molecule has 3 heteroatoms. The fourth-order valence-corrected chi connectivity index (χ4v) is 1.42. The topological polar surface area (TPSA) is 12.5 Å². The highest BCUT2D eigenvalue weighted by atomic mass is 19.1. The largest absolute Gasteiger partial charge is 0.381 e. The van der Waals surface area contributed by atoms with Crippen LogP contribution in [-0.4, -0.2) is 44.4 Å². The molecule has 0 aliphatic carbocycles. The second-order valence-electron chi connectivity index (χ2n) is 3.39. The number of halogens is 1. The van der Waals surface area contributed by atoms with E-state index in [1.165, 1.54) is 0 Å². The number of ether oxygens (including phenoxy) is 1. The number of hydrogen-bond acceptors (Lipinski definition) is 2. The van der Waals surface area contributed by atoms with E-state index in [2.05, 4.69) is 4.90 Å². The predicted molar refractivity (Wildman–Crippen MR) is 42.4 cm³/mol. The Morgan fingerprint density at radius 1 is 1.45 bits per heavy atom. The number of likely N-dealkylation sites (tertiary alicyclic amines) is 1. The molecular formula is C8H16FNO. The standard InChI is InChI=1S/C8H16FNO/c1-10-5-3-8(9,4-6-10)7-11-2/h3-7H2,1-2H3. The molecule has 1 aliphatic heterocycles. The second-order valence-corrected chi connectivity index (χ2v) is 3.39. The summed E-state index contributed by atoms with van der Waals surface area (Å²) in [5.74, 6) is 0. The first-order chi connectivity index (χ1) is 5.16. The number of rotatable bonds is 2. The molecule has 0 N–H and O–H groups in total. The third kappa shape index (κ3) is 2.42. The van der Waals surface area contributed by atoms with Crippen molar-refractivity contribution < 1.29 is 9.13 Å². The molecule has 66 valence electrons. The number of piperidine rings is 1. The maximum atomic E-state index is 13.6. The van der Waals surface area contributed by atoms with Crippen molar-refractivity contribution in [3.05, 3.63) is 0 Å². The fraction of sp³-hybridized carbons (Fsp3) is 1.00. The predicted octanol–water partition coefficient (Wildman–Crippen LogP) is 1.07. The van der Waals surface area contributed by atoms with E-state index in [1.807, 2.05) is 7.05 Å². The highest BCUT2D eigenvalue weighted by Gasteiger charge is 2.33. The van der Waals surface area contributed by atoms with E-state index in [-0.39, 0.29) is 6.61 Å². The van der Waals surface area contributed by atoms with Crippen molar-refractivity contribution in [2.45, 2.75) is 18.5 Å². The van der Waals surface area contributed by atoms with E-state index in [9.17, 15) is 4.39 Å². The summed E-state index contributed by atoms with van der Waals surface area (Å²) in [7, 11) is 3.58. The van der Waals surface area contributed by atoms with Crippen molar-refractivity contribution >= 4 is 0 Å². The highest BCUT2D eigenvalue weighted by Crippen LogP contribution is 2.25. The molecule has 0 aromatic rings. The lowest BCUT2D eigenvalue weighted by molar-refractivity contribution is -0.00343. The molecule has 0 aromatic heterocycles. The van der Waals surface area contributed by atoms with E-state index < -0.39 is 5.67 Å². The van der Waals surface area contributed by atoms with Gasteiger partial charge in [-0.1, -0.05) is 0 Å². The summed E-state index contributed by atoms with van der Waals surface area (Å²) in [6, 6.07) is 0. The Morgan fingerprint density at radius 2 is 2.00 bits per heavy atom. The quantitative estimate of drug-likeness (QED) is 0.600. The van der Waals surface area contributed by atoms with Crippen LogP contribution >= 0.6 is 0 Å². The molecule has 0 saturated carbocycles. The Balaban J connectivity index is 2.35. The Morgan fingerprint density at radius 3 is 2.45 bits per heavy atom. The Kier molecular flexibility index (Phi) is 2.84. The monoisotopic (exact) mass is 161 g/mol. The van der Waals surface area contributed by atoms with Crippen LogP contribution in [0.25, 0.3) is 0 Å². The van der Waals surface area contributed by atoms with Gasteiger partial charge in [0.25, 0.3) is 0 Å². The first kappa shape index (κ1) is 8.94. The second kappa shape index (κ2) is 3.50. The van der Waals surface area contributed by atoms with Gasteiger partial charge in [0.15, 0.2) is 0 Å². The maximum Gasteiger partial charge on any atom is 0.136 e. The van der Waals surface area contributed by atoms with Crippen molar-refractivity contribution in [2.24, 2.45) is 0 Å². The van der Waals surface area contributed by atoms with E-state index in [0.717, 1.165) is 13.1 Å². The molecule has 0 radical (unpaired) electrons. The van der Waals surface area contributed by atoms with Crippen LogP contribution in [0.4, 0.5) is 4.39 Å². The van der Waals surface area contributed by atoms with E-state index in [4.69, 9.17) is 4.74 Å². The van der Waals surface area contributed by atoms with Gasteiger partial charge in [-0.05, 0) is 19.9 Å². The maximum absolute atomic E-state index is 13.6. The van der Waals surface area contributed by atoms with Gasteiger partial charge in [-0.3, -0.25) is 0 Å². The van der Waals surface area contributed by atoms with Crippen molar-refractivity contribution in [1.82, 2.24) is 4.90 Å². The molecule has 0 amide bonds. The Bertz CT molecular complexity index is 121. The fourth-order valence-electron chi connectivity index (χ4n) is 1.42. The third-order valence-corrected chi connectivity index (χ3v) is 2.29. The summed E-state index contributed by atoms with van der Waals surface area (Å²) in [5, 5.41) is 0. The van der Waals surface area contributed by atoms with Gasteiger partial charge in [0.2, 0.25) is 0 Å². The molecule has 1 fully saturated rings. The molecular weight excluding hydrogens is 145 g/mol. The normalized spacial score (nSPS) is 25.4. The van der Waals surface area contributed by atoms with Crippen molar-refractivity contribution in [2.75, 3.05) is 33.9 Å². The SMILES string of the molecule is COCC1(F)CCN(C)CC1. The molecule has 0 unspecified atom stereocenters. The summed E-state index contributed by atoms with van der Waals surface area (Å²) in [5.41, 5.74) is -1.05. The molecule has 11 heavy (non-hydrogen) atoms. The lowest BCUT2D eigenvalue weighted by atomic mass is 9.95. The Hall–Kier alpha value is -0.150. The third-order valence-electron chi connectivity index (χ3n) is 2.29. The Labute approximate surface area is 67.3 Å². The smallest absolute Gasteiger partial charge is 0.136 e. The summed E-state index contributed by atoms with van der Waals surface area (Å²) >= 11 is 0. The van der Waals surface area contributed by atoms with Crippen LogP contribution in [0.2, 0.25) is 0 Å². The van der Waals surface area contributed by atoms with Crippen LogP contribution < -0.4 is 0 Å². The molecule has 0 spiro atoms. The highest BCUT2D eigenvalue weighted by molar-refractivity contribution is 4.84. The van der Waals surface area contributed by atoms with E-state index in [1.54, 1.807) is 7.11 Å². The van der Waals surface area contributed by atoms with E-state index in [0.29, 0.717) is 12.8 Å². The first-order valence-electron chi connectivity index (χ1n) is 4.03. The van der Waals surface area contributed by atoms with Crippen LogP contribution in [-0.2, 0) is 4.74 Å². The molecule has 1 heterocycles. The molecule has 2 nitrogen and oxygen atoms in total. The average Bonchev–Trinajstić information content (AvgIpc) is 1.97. The van der Waals surface area contributed by atoms with Gasteiger partial charge >= 0.3 is 0 Å². The molecule has 1 aliphatic rings. The van der Waals surface area contributed by atoms with E-state index >= 15 is 0 Å². The molecule has 1 rings (SSSR count). The average molecular weight is 161 g/mol. The van der Waals surface area contributed by atoms with Gasteiger partial charge in [-0.25, -0.2) is 4.39 Å². The summed E-state index contributed by atoms with van der Waals surface area (Å²) in [6.45, 7) is 1.95. The van der Waals surface area contributed by atoms with Crippen LogP contribution in [0, 0.1) is 0 Å². The molecule has 1 saturated heterocycles. The van der Waals surface area contributed by atoms with Gasteiger partial charge in [-0.15, -0.1) is 0 Å². The van der Waals surface area contributed by atoms with Crippen molar-refractivity contribution in [3.8, 4) is 0 Å². The molecule has 0 bridgehead atoms. The zero-order valence-corrected chi connectivity index (χ0v) is 7.27. The number of methoxy groups -OCH3 is 1. The minimum Gasteiger partial charge on any atom is -0.381 e. The summed E-state index contributed by atoms with van der Waals surface area (Å²) in [4.78, 5) is 2.15.